The highest BCUT2D eigenvalue weighted by Crippen LogP contribution is 2.40. The van der Waals surface area contributed by atoms with E-state index in [1.807, 2.05) is 4.90 Å². The zero-order chi connectivity index (χ0) is 15.7. The molecule has 130 valence electrons. The number of hydrogen-bond donors (Lipinski definition) is 1. The SMILES string of the molecule is CC(C)(C)C1CCc2sc(C(=O)N3CCCNCC3)cc2C1.Cl. The number of nitrogens with one attached hydrogen (secondary N) is 1. The smallest absolute Gasteiger partial charge is 0.263 e. The predicted molar refractivity (Wildman–Crippen MR) is 99.9 cm³/mol. The number of halogens is 1. The standard InChI is InChI=1S/C18H28N2OS.ClH/c1-18(2,3)14-5-6-15-13(11-14)12-16(22-15)17(21)20-9-4-7-19-8-10-20;/h12,14,19H,4-11H2,1-3H3;1H. The maximum absolute atomic E-state index is 12.8. The van der Waals surface area contributed by atoms with Crippen LogP contribution in [0.3, 0.4) is 0 Å². The molecule has 3 rings (SSSR count). The first-order chi connectivity index (χ1) is 10.4. The minimum Gasteiger partial charge on any atom is -0.337 e. The Hall–Kier alpha value is -0.580. The summed E-state index contributed by atoms with van der Waals surface area (Å²) in [5.74, 6) is 0.982. The summed E-state index contributed by atoms with van der Waals surface area (Å²) < 4.78 is 0. The van der Waals surface area contributed by atoms with Gasteiger partial charge in [-0.25, -0.2) is 0 Å². The number of thiophene rings is 1. The average Bonchev–Trinajstić information content (AvgIpc) is 2.70. The molecule has 0 bridgehead atoms. The Bertz CT molecular complexity index is 542. The third-order valence-corrected chi connectivity index (χ3v) is 6.37. The molecule has 0 radical (unpaired) electrons. The second kappa shape index (κ2) is 7.54. The molecule has 1 N–H and O–H groups in total. The molecule has 0 aromatic carbocycles. The number of aryl methyl sites for hydroxylation is 1. The first kappa shape index (κ1) is 18.8. The van der Waals surface area contributed by atoms with Gasteiger partial charge in [0, 0.05) is 24.5 Å². The Labute approximate surface area is 150 Å². The van der Waals surface area contributed by atoms with Crippen LogP contribution in [-0.4, -0.2) is 37.0 Å². The van der Waals surface area contributed by atoms with Crippen LogP contribution in [0.15, 0.2) is 6.07 Å². The lowest BCUT2D eigenvalue weighted by atomic mass is 9.72. The molecule has 1 aliphatic carbocycles. The van der Waals surface area contributed by atoms with E-state index in [4.69, 9.17) is 0 Å². The molecule has 1 aliphatic heterocycles. The van der Waals surface area contributed by atoms with E-state index in [2.05, 4.69) is 32.2 Å². The average molecular weight is 357 g/mol. The van der Waals surface area contributed by atoms with Crippen molar-refractivity contribution in [1.29, 1.82) is 0 Å². The van der Waals surface area contributed by atoms with Gasteiger partial charge in [-0.2, -0.15) is 0 Å². The summed E-state index contributed by atoms with van der Waals surface area (Å²) in [6, 6.07) is 2.19. The van der Waals surface area contributed by atoms with Crippen molar-refractivity contribution in [3.8, 4) is 0 Å². The van der Waals surface area contributed by atoms with E-state index >= 15 is 0 Å². The molecule has 1 amide bonds. The molecule has 23 heavy (non-hydrogen) atoms. The molecule has 1 atom stereocenters. The van der Waals surface area contributed by atoms with Gasteiger partial charge in [0.15, 0.2) is 0 Å². The van der Waals surface area contributed by atoms with Crippen molar-refractivity contribution in [3.05, 3.63) is 21.4 Å². The summed E-state index contributed by atoms with van der Waals surface area (Å²) in [5.41, 5.74) is 1.80. The molecular weight excluding hydrogens is 328 g/mol. The molecule has 2 heterocycles. The summed E-state index contributed by atoms with van der Waals surface area (Å²) in [4.78, 5) is 17.2. The number of carbonyl (C=O) groups excluding carboxylic acids is 1. The third kappa shape index (κ3) is 4.28. The van der Waals surface area contributed by atoms with Crippen LogP contribution < -0.4 is 5.32 Å². The van der Waals surface area contributed by atoms with E-state index < -0.39 is 0 Å². The zero-order valence-electron chi connectivity index (χ0n) is 14.5. The molecule has 3 nitrogen and oxygen atoms in total. The largest absolute Gasteiger partial charge is 0.337 e. The van der Waals surface area contributed by atoms with E-state index in [-0.39, 0.29) is 18.3 Å². The lowest BCUT2D eigenvalue weighted by molar-refractivity contribution is 0.0771. The molecule has 1 aromatic heterocycles. The quantitative estimate of drug-likeness (QED) is 0.831. The van der Waals surface area contributed by atoms with Gasteiger partial charge in [-0.3, -0.25) is 4.79 Å². The molecular formula is C18H29ClN2OS. The lowest BCUT2D eigenvalue weighted by Crippen LogP contribution is -2.33. The summed E-state index contributed by atoms with van der Waals surface area (Å²) in [6.45, 7) is 10.7. The molecule has 5 heteroatoms. The fourth-order valence-corrected chi connectivity index (χ4v) is 4.75. The Kier molecular flexibility index (Phi) is 6.15. The van der Waals surface area contributed by atoms with Crippen LogP contribution >= 0.6 is 23.7 Å². The summed E-state index contributed by atoms with van der Waals surface area (Å²) >= 11 is 1.74. The molecule has 1 saturated heterocycles. The minimum atomic E-state index is 0. The van der Waals surface area contributed by atoms with Gasteiger partial charge in [0.05, 0.1) is 4.88 Å². The number of hydrogen-bond acceptors (Lipinski definition) is 3. The lowest BCUT2D eigenvalue weighted by Gasteiger charge is -2.33. The highest BCUT2D eigenvalue weighted by atomic mass is 35.5. The van der Waals surface area contributed by atoms with Crippen LogP contribution in [0.25, 0.3) is 0 Å². The summed E-state index contributed by atoms with van der Waals surface area (Å²) in [6.07, 6.45) is 4.61. The molecule has 0 saturated carbocycles. The molecule has 0 spiro atoms. The third-order valence-electron chi connectivity index (χ3n) is 5.15. The Morgan fingerprint density at radius 2 is 2.09 bits per heavy atom. The zero-order valence-corrected chi connectivity index (χ0v) is 16.1. The van der Waals surface area contributed by atoms with Gasteiger partial charge in [0.2, 0.25) is 0 Å². The molecule has 1 aromatic rings. The topological polar surface area (TPSA) is 32.3 Å². The van der Waals surface area contributed by atoms with Gasteiger partial charge in [0.25, 0.3) is 5.91 Å². The van der Waals surface area contributed by atoms with Crippen LogP contribution in [0.4, 0.5) is 0 Å². The highest BCUT2D eigenvalue weighted by Gasteiger charge is 2.31. The van der Waals surface area contributed by atoms with Crippen molar-refractivity contribution in [3.63, 3.8) is 0 Å². The van der Waals surface area contributed by atoms with Crippen molar-refractivity contribution in [2.75, 3.05) is 26.2 Å². The minimum absolute atomic E-state index is 0. The highest BCUT2D eigenvalue weighted by molar-refractivity contribution is 7.14. The number of nitrogens with zero attached hydrogens (tertiary/aromatic N) is 1. The van der Waals surface area contributed by atoms with E-state index in [1.54, 1.807) is 11.3 Å². The van der Waals surface area contributed by atoms with E-state index in [1.165, 1.54) is 16.9 Å². The molecule has 1 fully saturated rings. The molecule has 2 aliphatic rings. The van der Waals surface area contributed by atoms with Gasteiger partial charge >= 0.3 is 0 Å². The van der Waals surface area contributed by atoms with Crippen LogP contribution in [0.5, 0.6) is 0 Å². The van der Waals surface area contributed by atoms with Crippen molar-refractivity contribution in [2.45, 2.75) is 46.5 Å². The first-order valence-electron chi connectivity index (χ1n) is 8.57. The van der Waals surface area contributed by atoms with Gasteiger partial charge < -0.3 is 10.2 Å². The number of fused-ring (bicyclic) bond motifs is 1. The molecule has 1 unspecified atom stereocenters. The Morgan fingerprint density at radius 1 is 1.30 bits per heavy atom. The van der Waals surface area contributed by atoms with Crippen molar-refractivity contribution in [2.24, 2.45) is 11.3 Å². The van der Waals surface area contributed by atoms with E-state index in [9.17, 15) is 4.79 Å². The monoisotopic (exact) mass is 356 g/mol. The fraction of sp³-hybridized carbons (Fsp3) is 0.722. The normalized spacial score (nSPS) is 22.0. The Morgan fingerprint density at radius 3 is 2.83 bits per heavy atom. The van der Waals surface area contributed by atoms with Crippen LogP contribution in [0.2, 0.25) is 0 Å². The van der Waals surface area contributed by atoms with Gasteiger partial charge in [-0.1, -0.05) is 20.8 Å². The predicted octanol–water partition coefficient (Wildman–Crippen LogP) is 3.76. The van der Waals surface area contributed by atoms with Crippen molar-refractivity contribution in [1.82, 2.24) is 10.2 Å². The second-order valence-electron chi connectivity index (χ2n) is 7.76. The van der Waals surface area contributed by atoms with Gasteiger partial charge in [-0.15, -0.1) is 23.7 Å². The van der Waals surface area contributed by atoms with E-state index in [0.29, 0.717) is 5.41 Å². The summed E-state index contributed by atoms with van der Waals surface area (Å²) in [5, 5.41) is 3.36. The number of carbonyl (C=O) groups is 1. The van der Waals surface area contributed by atoms with E-state index in [0.717, 1.165) is 56.2 Å². The van der Waals surface area contributed by atoms with Crippen LogP contribution in [0.1, 0.15) is 53.7 Å². The van der Waals surface area contributed by atoms with Gasteiger partial charge in [0.1, 0.15) is 0 Å². The second-order valence-corrected chi connectivity index (χ2v) is 8.90. The van der Waals surface area contributed by atoms with Crippen molar-refractivity contribution >= 4 is 29.7 Å². The van der Waals surface area contributed by atoms with Gasteiger partial charge in [-0.05, 0) is 55.2 Å². The first-order valence-corrected chi connectivity index (χ1v) is 9.38. The van der Waals surface area contributed by atoms with Crippen LogP contribution in [-0.2, 0) is 12.8 Å². The Balaban J connectivity index is 0.00000192. The summed E-state index contributed by atoms with van der Waals surface area (Å²) in [7, 11) is 0. The maximum Gasteiger partial charge on any atom is 0.263 e. The van der Waals surface area contributed by atoms with Crippen LogP contribution in [0, 0.1) is 11.3 Å². The maximum atomic E-state index is 12.8. The van der Waals surface area contributed by atoms with Crippen molar-refractivity contribution < 1.29 is 4.79 Å². The fourth-order valence-electron chi connectivity index (χ4n) is 3.57. The number of amides is 1. The number of rotatable bonds is 1.